The van der Waals surface area contributed by atoms with Crippen molar-refractivity contribution in [1.82, 2.24) is 4.98 Å². The van der Waals surface area contributed by atoms with Gasteiger partial charge in [0.15, 0.2) is 0 Å². The topological polar surface area (TPSA) is 16.1 Å². The lowest BCUT2D eigenvalue weighted by Gasteiger charge is -2.21. The van der Waals surface area contributed by atoms with Crippen LogP contribution in [0.3, 0.4) is 0 Å². The number of anilines is 1. The molecule has 2 aromatic rings. The van der Waals surface area contributed by atoms with Gasteiger partial charge in [0.25, 0.3) is 0 Å². The molecule has 0 aliphatic carbocycles. The Balaban J connectivity index is 2.25. The number of halogens is 1. The van der Waals surface area contributed by atoms with Gasteiger partial charge in [0, 0.05) is 18.1 Å². The first-order chi connectivity index (χ1) is 9.38. The number of benzene rings is 1. The second-order valence-electron chi connectivity index (χ2n) is 5.46. The Bertz CT molecular complexity index is 635. The number of aromatic nitrogens is 1. The van der Waals surface area contributed by atoms with Gasteiger partial charge in [-0.2, -0.15) is 0 Å². The number of nitrogens with zero attached hydrogens (tertiary/aromatic N) is 2. The molecule has 0 saturated heterocycles. The summed E-state index contributed by atoms with van der Waals surface area (Å²) in [4.78, 5) is 6.81. The van der Waals surface area contributed by atoms with Gasteiger partial charge in [-0.25, -0.2) is 4.98 Å². The van der Waals surface area contributed by atoms with Gasteiger partial charge in [0.2, 0.25) is 0 Å². The van der Waals surface area contributed by atoms with Gasteiger partial charge >= 0.3 is 0 Å². The molecule has 2 nitrogen and oxygen atoms in total. The molecule has 0 aliphatic rings. The predicted octanol–water partition coefficient (Wildman–Crippen LogP) is 4.71. The zero-order chi connectivity index (χ0) is 14.9. The summed E-state index contributed by atoms with van der Waals surface area (Å²) >= 11 is 3.49. The normalized spacial score (nSPS) is 10.7. The summed E-state index contributed by atoms with van der Waals surface area (Å²) < 4.78 is 1.05. The van der Waals surface area contributed by atoms with Crippen LogP contribution in [0.4, 0.5) is 5.82 Å². The summed E-state index contributed by atoms with van der Waals surface area (Å²) in [6, 6.07) is 8.65. The molecule has 106 valence electrons. The minimum Gasteiger partial charge on any atom is -0.355 e. The van der Waals surface area contributed by atoms with Crippen LogP contribution in [-0.2, 0) is 6.54 Å². The molecule has 0 fully saturated rings. The molecule has 0 amide bonds. The molecule has 1 heterocycles. The van der Waals surface area contributed by atoms with E-state index in [1.165, 1.54) is 22.3 Å². The fraction of sp³-hybridized carbons (Fsp3) is 0.353. The first kappa shape index (κ1) is 15.0. The Morgan fingerprint density at radius 3 is 2.30 bits per heavy atom. The lowest BCUT2D eigenvalue weighted by Crippen LogP contribution is -2.18. The Kier molecular flexibility index (Phi) is 4.48. The monoisotopic (exact) mass is 332 g/mol. The molecule has 2 rings (SSSR count). The SMILES string of the molecule is Cc1cc(C)c(CN(C)c2ccc(Br)c(C)n2)cc1C. The molecule has 0 atom stereocenters. The van der Waals surface area contributed by atoms with Crippen LogP contribution >= 0.6 is 15.9 Å². The van der Waals surface area contributed by atoms with Crippen molar-refractivity contribution in [3.63, 3.8) is 0 Å². The quantitative estimate of drug-likeness (QED) is 0.808. The van der Waals surface area contributed by atoms with Crippen molar-refractivity contribution in [2.45, 2.75) is 34.2 Å². The van der Waals surface area contributed by atoms with E-state index in [0.29, 0.717) is 0 Å². The van der Waals surface area contributed by atoms with Gasteiger partial charge < -0.3 is 4.90 Å². The van der Waals surface area contributed by atoms with Crippen LogP contribution < -0.4 is 4.90 Å². The number of hydrogen-bond donors (Lipinski definition) is 0. The molecule has 0 unspecified atom stereocenters. The number of aryl methyl sites for hydroxylation is 4. The molecule has 1 aromatic carbocycles. The molecule has 0 spiro atoms. The van der Waals surface area contributed by atoms with Gasteiger partial charge in [0.1, 0.15) is 5.82 Å². The van der Waals surface area contributed by atoms with E-state index in [2.05, 4.69) is 71.8 Å². The third-order valence-corrected chi connectivity index (χ3v) is 4.60. The third kappa shape index (κ3) is 3.21. The predicted molar refractivity (Wildman–Crippen MR) is 89.4 cm³/mol. The molecule has 0 aliphatic heterocycles. The van der Waals surface area contributed by atoms with Crippen LogP contribution in [0.15, 0.2) is 28.7 Å². The summed E-state index contributed by atoms with van der Waals surface area (Å²) in [6.45, 7) is 9.40. The van der Waals surface area contributed by atoms with Crippen molar-refractivity contribution in [2.24, 2.45) is 0 Å². The highest BCUT2D eigenvalue weighted by Gasteiger charge is 2.08. The first-order valence-corrected chi connectivity index (χ1v) is 7.59. The Labute approximate surface area is 130 Å². The van der Waals surface area contributed by atoms with Crippen LogP contribution in [0.5, 0.6) is 0 Å². The van der Waals surface area contributed by atoms with Gasteiger partial charge in [-0.15, -0.1) is 0 Å². The highest BCUT2D eigenvalue weighted by Crippen LogP contribution is 2.22. The number of pyridine rings is 1. The van der Waals surface area contributed by atoms with E-state index in [0.717, 1.165) is 22.5 Å². The zero-order valence-corrected chi connectivity index (χ0v) is 14.4. The molecule has 0 radical (unpaired) electrons. The van der Waals surface area contributed by atoms with Crippen molar-refractivity contribution in [3.8, 4) is 0 Å². The minimum absolute atomic E-state index is 0.876. The summed E-state index contributed by atoms with van der Waals surface area (Å²) in [7, 11) is 2.09. The van der Waals surface area contributed by atoms with E-state index in [1.54, 1.807) is 0 Å². The fourth-order valence-corrected chi connectivity index (χ4v) is 2.49. The molecular weight excluding hydrogens is 312 g/mol. The molecule has 3 heteroatoms. The van der Waals surface area contributed by atoms with E-state index in [9.17, 15) is 0 Å². The van der Waals surface area contributed by atoms with Crippen molar-refractivity contribution in [2.75, 3.05) is 11.9 Å². The summed E-state index contributed by atoms with van der Waals surface area (Å²) in [5, 5.41) is 0. The standard InChI is InChI=1S/C17H21BrN2/c1-11-8-13(3)15(9-12(11)2)10-20(5)17-7-6-16(18)14(4)19-17/h6-9H,10H2,1-5H3. The van der Waals surface area contributed by atoms with Gasteiger partial charge in [-0.1, -0.05) is 12.1 Å². The highest BCUT2D eigenvalue weighted by atomic mass is 79.9. The van der Waals surface area contributed by atoms with Crippen molar-refractivity contribution >= 4 is 21.7 Å². The Hall–Kier alpha value is -1.35. The van der Waals surface area contributed by atoms with Crippen molar-refractivity contribution in [3.05, 3.63) is 56.7 Å². The van der Waals surface area contributed by atoms with E-state index < -0.39 is 0 Å². The van der Waals surface area contributed by atoms with Gasteiger partial charge in [0.05, 0.1) is 5.69 Å². The first-order valence-electron chi connectivity index (χ1n) is 6.79. The Morgan fingerprint density at radius 1 is 1.00 bits per heavy atom. The lowest BCUT2D eigenvalue weighted by atomic mass is 10.0. The van der Waals surface area contributed by atoms with Crippen LogP contribution in [-0.4, -0.2) is 12.0 Å². The molecular formula is C17H21BrN2. The van der Waals surface area contributed by atoms with Crippen molar-refractivity contribution in [1.29, 1.82) is 0 Å². The summed E-state index contributed by atoms with van der Waals surface area (Å²) in [5.41, 5.74) is 6.42. The second-order valence-corrected chi connectivity index (χ2v) is 6.31. The molecule has 0 saturated carbocycles. The van der Waals surface area contributed by atoms with E-state index in [1.807, 2.05) is 13.0 Å². The molecule has 20 heavy (non-hydrogen) atoms. The molecule has 0 N–H and O–H groups in total. The van der Waals surface area contributed by atoms with E-state index >= 15 is 0 Å². The van der Waals surface area contributed by atoms with Crippen LogP contribution in [0.25, 0.3) is 0 Å². The van der Waals surface area contributed by atoms with Gasteiger partial charge in [-0.3, -0.25) is 0 Å². The largest absolute Gasteiger partial charge is 0.355 e. The minimum atomic E-state index is 0.876. The summed E-state index contributed by atoms with van der Waals surface area (Å²) in [6.07, 6.45) is 0. The maximum atomic E-state index is 4.62. The zero-order valence-electron chi connectivity index (χ0n) is 12.8. The highest BCUT2D eigenvalue weighted by molar-refractivity contribution is 9.10. The smallest absolute Gasteiger partial charge is 0.128 e. The van der Waals surface area contributed by atoms with Gasteiger partial charge in [-0.05, 0) is 78.0 Å². The Morgan fingerprint density at radius 2 is 1.65 bits per heavy atom. The average Bonchev–Trinajstić information content (AvgIpc) is 2.39. The second kappa shape index (κ2) is 5.96. The fourth-order valence-electron chi connectivity index (χ4n) is 2.27. The van der Waals surface area contributed by atoms with E-state index in [4.69, 9.17) is 0 Å². The van der Waals surface area contributed by atoms with Crippen molar-refractivity contribution < 1.29 is 0 Å². The van der Waals surface area contributed by atoms with Crippen LogP contribution in [0, 0.1) is 27.7 Å². The average molecular weight is 333 g/mol. The maximum Gasteiger partial charge on any atom is 0.128 e. The molecule has 1 aromatic heterocycles. The third-order valence-electron chi connectivity index (χ3n) is 3.76. The molecule has 0 bridgehead atoms. The number of rotatable bonds is 3. The maximum absolute atomic E-state index is 4.62. The lowest BCUT2D eigenvalue weighted by molar-refractivity contribution is 0.882. The van der Waals surface area contributed by atoms with Crippen LogP contribution in [0.1, 0.15) is 27.9 Å². The van der Waals surface area contributed by atoms with Crippen LogP contribution in [0.2, 0.25) is 0 Å². The van der Waals surface area contributed by atoms with E-state index in [-0.39, 0.29) is 0 Å². The summed E-state index contributed by atoms with van der Waals surface area (Å²) in [5.74, 6) is 1.00. The number of hydrogen-bond acceptors (Lipinski definition) is 2.